The molecule has 1 heterocycles. The molecule has 8 heteroatoms. The fourth-order valence-corrected chi connectivity index (χ4v) is 3.24. The highest BCUT2D eigenvalue weighted by atomic mass is 127. The van der Waals surface area contributed by atoms with Gasteiger partial charge in [0.25, 0.3) is 0 Å². The Morgan fingerprint density at radius 2 is 1.79 bits per heavy atom. The summed E-state index contributed by atoms with van der Waals surface area (Å²) in [4.78, 5) is 8.47. The van der Waals surface area contributed by atoms with Gasteiger partial charge in [-0.25, -0.2) is 8.78 Å². The third-order valence-electron chi connectivity index (χ3n) is 4.72. The maximum atomic E-state index is 14.0. The normalized spacial score (nSPS) is 14.6. The predicted octanol–water partition coefficient (Wildman–Crippen LogP) is 2.97. The van der Waals surface area contributed by atoms with Gasteiger partial charge >= 0.3 is 0 Å². The van der Waals surface area contributed by atoms with E-state index in [0.717, 1.165) is 24.6 Å². The molecule has 1 saturated heterocycles. The minimum Gasteiger partial charge on any atom is -0.392 e. The second-order valence-corrected chi connectivity index (χ2v) is 6.41. The van der Waals surface area contributed by atoms with Gasteiger partial charge in [0.1, 0.15) is 11.6 Å². The van der Waals surface area contributed by atoms with Gasteiger partial charge in [-0.05, 0) is 29.8 Å². The third-order valence-corrected chi connectivity index (χ3v) is 4.72. The summed E-state index contributed by atoms with van der Waals surface area (Å²) >= 11 is 0. The molecular weight excluding hydrogens is 477 g/mol. The lowest BCUT2D eigenvalue weighted by Gasteiger charge is -2.37. The minimum absolute atomic E-state index is 0. The Morgan fingerprint density at radius 1 is 1.07 bits per heavy atom. The molecule has 0 aliphatic carbocycles. The minimum atomic E-state index is -0.408. The van der Waals surface area contributed by atoms with Crippen LogP contribution in [0.5, 0.6) is 0 Å². The highest BCUT2D eigenvalue weighted by Crippen LogP contribution is 2.20. The van der Waals surface area contributed by atoms with Crippen molar-refractivity contribution in [1.29, 1.82) is 0 Å². The van der Waals surface area contributed by atoms with E-state index in [4.69, 9.17) is 0 Å². The number of rotatable bonds is 4. The number of hydrogen-bond donors (Lipinski definition) is 2. The van der Waals surface area contributed by atoms with E-state index in [1.54, 1.807) is 31.3 Å². The second kappa shape index (κ2) is 10.6. The van der Waals surface area contributed by atoms with Crippen LogP contribution in [0.4, 0.5) is 14.5 Å². The first-order chi connectivity index (χ1) is 13.1. The van der Waals surface area contributed by atoms with Gasteiger partial charge in [-0.15, -0.1) is 24.0 Å². The number of halogens is 3. The Balaban J connectivity index is 0.00000280. The summed E-state index contributed by atoms with van der Waals surface area (Å²) in [6.07, 6.45) is 0. The first-order valence-corrected chi connectivity index (χ1v) is 8.95. The van der Waals surface area contributed by atoms with Gasteiger partial charge in [-0.2, -0.15) is 0 Å². The fraction of sp³-hybridized carbons (Fsp3) is 0.350. The maximum absolute atomic E-state index is 14.0. The fourth-order valence-electron chi connectivity index (χ4n) is 3.24. The Bertz CT molecular complexity index is 811. The van der Waals surface area contributed by atoms with Crippen molar-refractivity contribution in [3.8, 4) is 0 Å². The molecule has 152 valence electrons. The van der Waals surface area contributed by atoms with Gasteiger partial charge in [-0.3, -0.25) is 4.99 Å². The van der Waals surface area contributed by atoms with E-state index in [-0.39, 0.29) is 42.0 Å². The number of aliphatic hydroxyl groups excluding tert-OH is 1. The highest BCUT2D eigenvalue weighted by Gasteiger charge is 2.21. The van der Waals surface area contributed by atoms with Gasteiger partial charge in [0.15, 0.2) is 5.96 Å². The number of anilines is 1. The molecule has 0 spiro atoms. The molecular formula is C20H25F2IN4O. The summed E-state index contributed by atoms with van der Waals surface area (Å²) in [5.41, 5.74) is 1.78. The van der Waals surface area contributed by atoms with Gasteiger partial charge < -0.3 is 20.2 Å². The summed E-state index contributed by atoms with van der Waals surface area (Å²) < 4.78 is 27.4. The van der Waals surface area contributed by atoms with Gasteiger partial charge in [0, 0.05) is 45.3 Å². The molecule has 2 aromatic rings. The van der Waals surface area contributed by atoms with Crippen molar-refractivity contribution < 1.29 is 13.9 Å². The largest absolute Gasteiger partial charge is 0.392 e. The van der Waals surface area contributed by atoms with E-state index >= 15 is 0 Å². The van der Waals surface area contributed by atoms with Crippen molar-refractivity contribution in [3.63, 3.8) is 0 Å². The zero-order chi connectivity index (χ0) is 19.2. The van der Waals surface area contributed by atoms with Gasteiger partial charge in [0.2, 0.25) is 0 Å². The average molecular weight is 502 g/mol. The number of hydrogen-bond acceptors (Lipinski definition) is 3. The van der Waals surface area contributed by atoms with Gasteiger partial charge in [0.05, 0.1) is 12.3 Å². The van der Waals surface area contributed by atoms with Crippen LogP contribution in [0.15, 0.2) is 47.5 Å². The van der Waals surface area contributed by atoms with E-state index in [2.05, 4.69) is 15.2 Å². The van der Waals surface area contributed by atoms with E-state index in [9.17, 15) is 13.9 Å². The molecule has 0 saturated carbocycles. The van der Waals surface area contributed by atoms with Crippen LogP contribution in [0.25, 0.3) is 0 Å². The number of guanidine groups is 1. The molecule has 0 atom stereocenters. The van der Waals surface area contributed by atoms with Crippen molar-refractivity contribution in [2.45, 2.75) is 13.2 Å². The summed E-state index contributed by atoms with van der Waals surface area (Å²) in [6, 6.07) is 11.5. The third kappa shape index (κ3) is 5.32. The Hall–Kier alpha value is -1.94. The van der Waals surface area contributed by atoms with Crippen molar-refractivity contribution in [3.05, 3.63) is 65.2 Å². The first-order valence-electron chi connectivity index (χ1n) is 8.95. The predicted molar refractivity (Wildman–Crippen MR) is 118 cm³/mol. The molecule has 1 aliphatic rings. The average Bonchev–Trinajstić information content (AvgIpc) is 2.70. The molecule has 0 aromatic heterocycles. The molecule has 0 unspecified atom stereocenters. The SMILES string of the molecule is CN=C(NCc1ccc(F)c(CO)c1)N1CCN(c2ccccc2F)CC1.I. The van der Waals surface area contributed by atoms with E-state index in [1.807, 2.05) is 11.0 Å². The number of benzene rings is 2. The second-order valence-electron chi connectivity index (χ2n) is 6.41. The van der Waals surface area contributed by atoms with E-state index < -0.39 is 5.82 Å². The Labute approximate surface area is 181 Å². The monoisotopic (exact) mass is 502 g/mol. The molecule has 2 aromatic carbocycles. The Kier molecular flexibility index (Phi) is 8.43. The number of nitrogens with zero attached hydrogens (tertiary/aromatic N) is 3. The standard InChI is InChI=1S/C20H24F2N4O.HI/c1-23-20(24-13-15-6-7-17(21)16(12-15)14-27)26-10-8-25(9-11-26)19-5-3-2-4-18(19)22;/h2-7,12,27H,8-11,13-14H2,1H3,(H,23,24);1H. The van der Waals surface area contributed by atoms with Crippen LogP contribution >= 0.6 is 24.0 Å². The molecule has 1 aliphatic heterocycles. The number of piperazine rings is 1. The number of aliphatic imine (C=N–C) groups is 1. The number of para-hydroxylation sites is 1. The van der Waals surface area contributed by atoms with E-state index in [1.165, 1.54) is 12.1 Å². The topological polar surface area (TPSA) is 51.1 Å². The van der Waals surface area contributed by atoms with Crippen LogP contribution in [0.1, 0.15) is 11.1 Å². The van der Waals surface area contributed by atoms with Crippen LogP contribution in [0, 0.1) is 11.6 Å². The van der Waals surface area contributed by atoms with E-state index in [0.29, 0.717) is 25.3 Å². The first kappa shape index (κ1) is 22.4. The quantitative estimate of drug-likeness (QED) is 0.384. The lowest BCUT2D eigenvalue weighted by Crippen LogP contribution is -2.52. The number of aliphatic hydroxyl groups is 1. The van der Waals surface area contributed by atoms with Crippen molar-refractivity contribution in [1.82, 2.24) is 10.2 Å². The summed E-state index contributed by atoms with van der Waals surface area (Å²) in [7, 11) is 1.72. The van der Waals surface area contributed by atoms with Crippen molar-refractivity contribution in [2.24, 2.45) is 4.99 Å². The van der Waals surface area contributed by atoms with Crippen LogP contribution in [0.3, 0.4) is 0 Å². The number of nitrogens with one attached hydrogen (secondary N) is 1. The van der Waals surface area contributed by atoms with Crippen molar-refractivity contribution in [2.75, 3.05) is 38.1 Å². The molecule has 0 bridgehead atoms. The van der Waals surface area contributed by atoms with Crippen LogP contribution in [-0.4, -0.2) is 49.2 Å². The Morgan fingerprint density at radius 3 is 2.43 bits per heavy atom. The van der Waals surface area contributed by atoms with Crippen LogP contribution < -0.4 is 10.2 Å². The summed E-state index contributed by atoms with van der Waals surface area (Å²) in [5.74, 6) is 0.136. The lowest BCUT2D eigenvalue weighted by atomic mass is 10.1. The molecule has 0 radical (unpaired) electrons. The maximum Gasteiger partial charge on any atom is 0.194 e. The van der Waals surface area contributed by atoms with Gasteiger partial charge in [-0.1, -0.05) is 18.2 Å². The molecule has 5 nitrogen and oxygen atoms in total. The molecule has 28 heavy (non-hydrogen) atoms. The van der Waals surface area contributed by atoms with Crippen LogP contribution in [0.2, 0.25) is 0 Å². The zero-order valence-corrected chi connectivity index (χ0v) is 18.1. The van der Waals surface area contributed by atoms with Crippen LogP contribution in [-0.2, 0) is 13.2 Å². The van der Waals surface area contributed by atoms with Crippen molar-refractivity contribution >= 4 is 35.6 Å². The molecule has 3 rings (SSSR count). The molecule has 2 N–H and O–H groups in total. The molecule has 0 amide bonds. The highest BCUT2D eigenvalue weighted by molar-refractivity contribution is 14.0. The summed E-state index contributed by atoms with van der Waals surface area (Å²) in [5, 5.41) is 12.5. The summed E-state index contributed by atoms with van der Waals surface area (Å²) in [6.45, 7) is 3.00. The zero-order valence-electron chi connectivity index (χ0n) is 15.7. The smallest absolute Gasteiger partial charge is 0.194 e. The molecule has 1 fully saturated rings. The lowest BCUT2D eigenvalue weighted by molar-refractivity contribution is 0.275.